The monoisotopic (exact) mass is 451 g/mol. The Kier molecular flexibility index (Phi) is 6.46. The highest BCUT2D eigenvalue weighted by molar-refractivity contribution is 7.88. The highest BCUT2D eigenvalue weighted by Crippen LogP contribution is 2.39. The van der Waals surface area contributed by atoms with E-state index in [0.29, 0.717) is 39.2 Å². The van der Waals surface area contributed by atoms with Crippen molar-refractivity contribution in [3.05, 3.63) is 29.3 Å². The Bertz CT molecular complexity index is 908. The van der Waals surface area contributed by atoms with Crippen molar-refractivity contribution in [3.63, 3.8) is 0 Å². The van der Waals surface area contributed by atoms with Gasteiger partial charge in [-0.2, -0.15) is 4.31 Å². The van der Waals surface area contributed by atoms with Gasteiger partial charge in [0.1, 0.15) is 11.4 Å². The highest BCUT2D eigenvalue weighted by Gasteiger charge is 2.42. The Balaban J connectivity index is 1.15. The van der Waals surface area contributed by atoms with Gasteiger partial charge < -0.3 is 14.4 Å². The van der Waals surface area contributed by atoms with Gasteiger partial charge in [-0.1, -0.05) is 6.07 Å². The number of sulfonamides is 1. The normalized spacial score (nSPS) is 21.4. The molecule has 2 heterocycles. The predicted molar refractivity (Wildman–Crippen MR) is 118 cm³/mol. The standard InChI is InChI=1S/C22H33N3O5S/c1-22(7-8-22)30-21(26)24-13-11-23(12-14-24)9-3-15-29-20-5-4-19-17-25(31(2,27)28)10-6-18(19)16-20/h4-5,16H,3,6-15,17H2,1-2H3. The fourth-order valence-electron chi connectivity index (χ4n) is 4.06. The van der Waals surface area contributed by atoms with E-state index in [1.54, 1.807) is 0 Å². The average Bonchev–Trinajstić information content (AvgIpc) is 3.47. The van der Waals surface area contributed by atoms with Gasteiger partial charge in [0, 0.05) is 45.8 Å². The molecule has 2 aliphatic heterocycles. The summed E-state index contributed by atoms with van der Waals surface area (Å²) in [6, 6.07) is 5.94. The molecule has 2 fully saturated rings. The molecule has 0 spiro atoms. The smallest absolute Gasteiger partial charge is 0.410 e. The minimum Gasteiger partial charge on any atom is -0.494 e. The number of nitrogens with zero attached hydrogens (tertiary/aromatic N) is 3. The first-order valence-electron chi connectivity index (χ1n) is 11.1. The van der Waals surface area contributed by atoms with Crippen LogP contribution in [0.2, 0.25) is 0 Å². The van der Waals surface area contributed by atoms with E-state index in [0.717, 1.165) is 50.2 Å². The van der Waals surface area contributed by atoms with E-state index in [-0.39, 0.29) is 11.7 Å². The second-order valence-corrected chi connectivity index (χ2v) is 11.1. The number of amides is 1. The van der Waals surface area contributed by atoms with Crippen LogP contribution in [-0.2, 0) is 27.7 Å². The van der Waals surface area contributed by atoms with E-state index in [2.05, 4.69) is 4.90 Å². The van der Waals surface area contributed by atoms with E-state index in [4.69, 9.17) is 9.47 Å². The maximum atomic E-state index is 12.2. The largest absolute Gasteiger partial charge is 0.494 e. The summed E-state index contributed by atoms with van der Waals surface area (Å²) >= 11 is 0. The van der Waals surface area contributed by atoms with Crippen molar-refractivity contribution in [2.45, 2.75) is 44.8 Å². The first kappa shape index (κ1) is 22.4. The Morgan fingerprint density at radius 2 is 1.84 bits per heavy atom. The van der Waals surface area contributed by atoms with Crippen LogP contribution in [0.1, 0.15) is 37.3 Å². The number of carbonyl (C=O) groups is 1. The van der Waals surface area contributed by atoms with E-state index in [1.807, 2.05) is 30.0 Å². The summed E-state index contributed by atoms with van der Waals surface area (Å²) in [7, 11) is -3.15. The van der Waals surface area contributed by atoms with Crippen LogP contribution < -0.4 is 4.74 Å². The third-order valence-electron chi connectivity index (χ3n) is 6.43. The molecule has 0 aromatic heterocycles. The van der Waals surface area contributed by atoms with Gasteiger partial charge in [0.05, 0.1) is 12.9 Å². The van der Waals surface area contributed by atoms with Gasteiger partial charge in [0.25, 0.3) is 0 Å². The van der Waals surface area contributed by atoms with Gasteiger partial charge in [-0.3, -0.25) is 4.90 Å². The van der Waals surface area contributed by atoms with Gasteiger partial charge in [0.15, 0.2) is 0 Å². The third-order valence-corrected chi connectivity index (χ3v) is 7.68. The predicted octanol–water partition coefficient (Wildman–Crippen LogP) is 2.08. The molecular formula is C22H33N3O5S. The fourth-order valence-corrected chi connectivity index (χ4v) is 4.86. The molecule has 1 aromatic carbocycles. The lowest BCUT2D eigenvalue weighted by atomic mass is 10.0. The van der Waals surface area contributed by atoms with Crippen LogP contribution in [0.5, 0.6) is 5.75 Å². The molecule has 1 amide bonds. The maximum Gasteiger partial charge on any atom is 0.410 e. The quantitative estimate of drug-likeness (QED) is 0.591. The summed E-state index contributed by atoms with van der Waals surface area (Å²) in [5, 5.41) is 0. The van der Waals surface area contributed by atoms with Crippen LogP contribution in [0.25, 0.3) is 0 Å². The Morgan fingerprint density at radius 3 is 2.52 bits per heavy atom. The molecule has 1 saturated heterocycles. The van der Waals surface area contributed by atoms with E-state index in [9.17, 15) is 13.2 Å². The van der Waals surface area contributed by atoms with E-state index in [1.165, 1.54) is 16.1 Å². The molecule has 8 nitrogen and oxygen atoms in total. The van der Waals surface area contributed by atoms with Crippen molar-refractivity contribution in [1.82, 2.24) is 14.1 Å². The summed E-state index contributed by atoms with van der Waals surface area (Å²) in [5.74, 6) is 0.840. The number of carbonyl (C=O) groups excluding carboxylic acids is 1. The van der Waals surface area contributed by atoms with Gasteiger partial charge in [0.2, 0.25) is 10.0 Å². The van der Waals surface area contributed by atoms with Crippen LogP contribution in [0.15, 0.2) is 18.2 Å². The lowest BCUT2D eigenvalue weighted by molar-refractivity contribution is 0.0420. The number of hydrogen-bond acceptors (Lipinski definition) is 6. The first-order chi connectivity index (χ1) is 14.7. The van der Waals surface area contributed by atoms with Crippen LogP contribution >= 0.6 is 0 Å². The van der Waals surface area contributed by atoms with Crippen molar-refractivity contribution in [2.75, 3.05) is 52.1 Å². The molecule has 1 aliphatic carbocycles. The molecule has 1 aromatic rings. The van der Waals surface area contributed by atoms with Crippen LogP contribution in [0.4, 0.5) is 4.79 Å². The third kappa shape index (κ3) is 5.90. The molecule has 3 aliphatic rings. The fraction of sp³-hybridized carbons (Fsp3) is 0.682. The molecule has 0 unspecified atom stereocenters. The van der Waals surface area contributed by atoms with E-state index >= 15 is 0 Å². The minimum atomic E-state index is -3.15. The Labute approximate surface area is 185 Å². The number of benzene rings is 1. The minimum absolute atomic E-state index is 0.171. The van der Waals surface area contributed by atoms with Crippen molar-refractivity contribution in [2.24, 2.45) is 0 Å². The van der Waals surface area contributed by atoms with Crippen molar-refractivity contribution < 1.29 is 22.7 Å². The molecule has 0 bridgehead atoms. The van der Waals surface area contributed by atoms with Crippen LogP contribution in [0.3, 0.4) is 0 Å². The number of piperazine rings is 1. The molecule has 31 heavy (non-hydrogen) atoms. The molecule has 1 saturated carbocycles. The summed E-state index contributed by atoms with van der Waals surface area (Å²) < 4.78 is 36.5. The summed E-state index contributed by atoms with van der Waals surface area (Å²) in [6.45, 7) is 7.68. The van der Waals surface area contributed by atoms with Crippen molar-refractivity contribution in [3.8, 4) is 5.75 Å². The van der Waals surface area contributed by atoms with Gasteiger partial charge in [-0.05, 0) is 55.9 Å². The van der Waals surface area contributed by atoms with Crippen molar-refractivity contribution >= 4 is 16.1 Å². The SMILES string of the molecule is CC1(OC(=O)N2CCN(CCCOc3ccc4c(c3)CCN(S(C)(=O)=O)C4)CC2)CC1. The van der Waals surface area contributed by atoms with Gasteiger partial charge in [-0.15, -0.1) is 0 Å². The highest BCUT2D eigenvalue weighted by atomic mass is 32.2. The van der Waals surface area contributed by atoms with Crippen molar-refractivity contribution in [1.29, 1.82) is 0 Å². The summed E-state index contributed by atoms with van der Waals surface area (Å²) in [5.41, 5.74) is 2.01. The van der Waals surface area contributed by atoms with Gasteiger partial charge >= 0.3 is 6.09 Å². The number of hydrogen-bond donors (Lipinski definition) is 0. The second-order valence-electron chi connectivity index (χ2n) is 9.13. The van der Waals surface area contributed by atoms with Crippen LogP contribution in [-0.4, -0.2) is 86.3 Å². The molecule has 9 heteroatoms. The summed E-state index contributed by atoms with van der Waals surface area (Å²) in [6.07, 6.45) is 4.67. The Morgan fingerprint density at radius 1 is 1.10 bits per heavy atom. The topological polar surface area (TPSA) is 79.4 Å². The average molecular weight is 452 g/mol. The molecular weight excluding hydrogens is 418 g/mol. The molecule has 4 rings (SSSR count). The molecule has 172 valence electrons. The molecule has 0 N–H and O–H groups in total. The van der Waals surface area contributed by atoms with E-state index < -0.39 is 10.0 Å². The lowest BCUT2D eigenvalue weighted by Crippen LogP contribution is -2.49. The number of ether oxygens (including phenoxy) is 2. The number of rotatable bonds is 7. The van der Waals surface area contributed by atoms with Crippen LogP contribution in [0, 0.1) is 0 Å². The maximum absolute atomic E-state index is 12.2. The summed E-state index contributed by atoms with van der Waals surface area (Å²) in [4.78, 5) is 16.4. The number of fused-ring (bicyclic) bond motifs is 1. The van der Waals surface area contributed by atoms with Gasteiger partial charge in [-0.25, -0.2) is 13.2 Å². The first-order valence-corrected chi connectivity index (χ1v) is 13.0. The second kappa shape index (κ2) is 8.96. The molecule has 0 atom stereocenters. The lowest BCUT2D eigenvalue weighted by Gasteiger charge is -2.34. The Hall–Kier alpha value is -1.84. The zero-order valence-electron chi connectivity index (χ0n) is 18.5. The molecule has 0 radical (unpaired) electrons. The zero-order valence-corrected chi connectivity index (χ0v) is 19.3. The zero-order chi connectivity index (χ0) is 22.1.